The minimum atomic E-state index is -3.16. The van der Waals surface area contributed by atoms with Gasteiger partial charge in [0.25, 0.3) is 0 Å². The molecule has 0 saturated heterocycles. The molecule has 292 valence electrons. The molecule has 0 saturated carbocycles. The van der Waals surface area contributed by atoms with E-state index in [2.05, 4.69) is 15.0 Å². The molecule has 0 amide bonds. The van der Waals surface area contributed by atoms with Crippen molar-refractivity contribution in [1.29, 1.82) is 5.26 Å². The van der Waals surface area contributed by atoms with Gasteiger partial charge in [0.05, 0.1) is 30.1 Å². The molecule has 5 heteroatoms. The lowest BCUT2D eigenvalue weighted by atomic mass is 9.94. The molecule has 0 aliphatic carbocycles. The standard InChI is InChI=1S/C55H46N4O/c1-37(2)49-32-50-47-14-9-15-48(55(47)60-54(50)31-46(49)33-56)53-27-24-40(36-59-53)18-21-43-29-41(19-16-38-22-25-51(57-34-38)44-10-5-3-6-11-44)28-42(30-43)20-17-39-23-26-52(58-35-39)45-12-7-4-8-13-45/h3-15,22-32,34-37H,16-21H2,1-2H3/i16D2,17D2,18D2,19D2,20D2,21D2,31D,37D. The Bertz CT molecular complexity index is 3480. The minimum Gasteiger partial charge on any atom is -0.455 e. The van der Waals surface area contributed by atoms with Gasteiger partial charge in [-0.3, -0.25) is 15.0 Å². The maximum absolute atomic E-state index is 9.95. The van der Waals surface area contributed by atoms with Crippen LogP contribution >= 0.6 is 0 Å². The molecule has 0 N–H and O–H groups in total. The smallest absolute Gasteiger partial charge is 0.144 e. The van der Waals surface area contributed by atoms with Crippen LogP contribution in [0.15, 0.2) is 169 Å². The second kappa shape index (κ2) is 17.4. The zero-order chi connectivity index (χ0) is 53.4. The summed E-state index contributed by atoms with van der Waals surface area (Å²) in [4.78, 5) is 13.3. The van der Waals surface area contributed by atoms with Crippen molar-refractivity contribution in [1.82, 2.24) is 15.0 Å². The first-order chi connectivity index (χ1) is 34.7. The van der Waals surface area contributed by atoms with Gasteiger partial charge in [0.1, 0.15) is 11.2 Å². The van der Waals surface area contributed by atoms with E-state index in [4.69, 9.17) is 7.16 Å². The number of nitrogens with zero attached hydrogens (tertiary/aromatic N) is 4. The number of benzene rings is 5. The fourth-order valence-corrected chi connectivity index (χ4v) is 6.86. The van der Waals surface area contributed by atoms with Crippen molar-refractivity contribution in [3.8, 4) is 39.8 Å². The van der Waals surface area contributed by atoms with E-state index < -0.39 is 60.8 Å². The summed E-state index contributed by atoms with van der Waals surface area (Å²) in [5, 5.41) is 11.0. The number of nitriles is 1. The van der Waals surface area contributed by atoms with E-state index in [0.717, 1.165) is 35.5 Å². The second-order valence-electron chi connectivity index (χ2n) is 14.3. The fourth-order valence-electron chi connectivity index (χ4n) is 6.86. The van der Waals surface area contributed by atoms with Gasteiger partial charge < -0.3 is 4.42 Å². The summed E-state index contributed by atoms with van der Waals surface area (Å²) in [5.41, 5.74) is 1.45. The largest absolute Gasteiger partial charge is 0.455 e. The third-order valence-electron chi connectivity index (χ3n) is 9.89. The summed E-state index contributed by atoms with van der Waals surface area (Å²) >= 11 is 0. The number of hydrogen-bond acceptors (Lipinski definition) is 5. The molecule has 60 heavy (non-hydrogen) atoms. The lowest BCUT2D eigenvalue weighted by molar-refractivity contribution is 0.669. The Hall–Kier alpha value is -7.16. The van der Waals surface area contributed by atoms with Gasteiger partial charge in [0.2, 0.25) is 0 Å². The van der Waals surface area contributed by atoms with E-state index in [1.165, 1.54) is 48.8 Å². The highest BCUT2D eigenvalue weighted by Gasteiger charge is 2.17. The highest BCUT2D eigenvalue weighted by molar-refractivity contribution is 6.09. The van der Waals surface area contributed by atoms with Crippen LogP contribution in [0.2, 0.25) is 0 Å². The monoisotopic (exact) mass is 792 g/mol. The van der Waals surface area contributed by atoms with Crippen LogP contribution in [0, 0.1) is 11.3 Å². The number of aromatic nitrogens is 3. The molecule has 9 aromatic rings. The Morgan fingerprint density at radius 1 is 0.567 bits per heavy atom. The summed E-state index contributed by atoms with van der Waals surface area (Å²) < 4.78 is 136. The van der Waals surface area contributed by atoms with Crippen LogP contribution in [-0.4, -0.2) is 15.0 Å². The third-order valence-corrected chi connectivity index (χ3v) is 9.89. The van der Waals surface area contributed by atoms with Crippen molar-refractivity contribution in [3.05, 3.63) is 209 Å². The molecule has 0 spiro atoms. The Morgan fingerprint density at radius 2 is 1.05 bits per heavy atom. The molecule has 0 unspecified atom stereocenters. The SMILES string of the molecule is [2H]c1c(C#N)c(C([2H])(C)C)cc2c1oc1c(-c3ccc(C([2H])([2H])C([2H])([2H])c4cc(C([2H])([2H])C([2H])([2H])c5ccc(-c6ccccc6)nc5)cc(C([2H])([2H])C([2H])([2H])c5ccc(-c6ccccc6)nc5)c4)cn3)cccc12. The van der Waals surface area contributed by atoms with Crippen LogP contribution in [0.1, 0.15) is 83.4 Å². The lowest BCUT2D eigenvalue weighted by Crippen LogP contribution is -2.00. The molecule has 0 atom stereocenters. The number of furan rings is 1. The minimum absolute atomic E-state index is 0.0108. The summed E-state index contributed by atoms with van der Waals surface area (Å²) in [6.07, 6.45) is -14.7. The van der Waals surface area contributed by atoms with Gasteiger partial charge in [-0.05, 0) is 119 Å². The van der Waals surface area contributed by atoms with E-state index in [9.17, 15) is 21.7 Å². The number of aryl methyl sites for hydroxylation is 6. The molecule has 0 fully saturated rings. The Morgan fingerprint density at radius 3 is 1.50 bits per heavy atom. The van der Waals surface area contributed by atoms with E-state index in [1.54, 1.807) is 38.1 Å². The Balaban J connectivity index is 1.13. The zero-order valence-corrected chi connectivity index (χ0v) is 32.7. The van der Waals surface area contributed by atoms with Crippen molar-refractivity contribution in [2.75, 3.05) is 0 Å². The van der Waals surface area contributed by atoms with Crippen molar-refractivity contribution in [2.45, 2.75) is 58.0 Å². The van der Waals surface area contributed by atoms with Gasteiger partial charge in [0, 0.05) is 63.9 Å². The van der Waals surface area contributed by atoms with Gasteiger partial charge in [-0.25, -0.2) is 0 Å². The molecule has 4 heterocycles. The Kier molecular flexibility index (Phi) is 7.34. The van der Waals surface area contributed by atoms with Gasteiger partial charge in [-0.15, -0.1) is 0 Å². The summed E-state index contributed by atoms with van der Waals surface area (Å²) in [6, 6.07) is 38.2. The summed E-state index contributed by atoms with van der Waals surface area (Å²) in [7, 11) is 0. The number of fused-ring (bicyclic) bond motifs is 3. The average Bonchev–Trinajstić information content (AvgIpc) is 3.78. The first-order valence-electron chi connectivity index (χ1n) is 26.3. The quantitative estimate of drug-likeness (QED) is 0.116. The number of hydrogen-bond donors (Lipinski definition) is 0. The predicted molar refractivity (Wildman–Crippen MR) is 244 cm³/mol. The predicted octanol–water partition coefficient (Wildman–Crippen LogP) is 13.1. The maximum Gasteiger partial charge on any atom is 0.144 e. The second-order valence-corrected chi connectivity index (χ2v) is 14.3. The lowest BCUT2D eigenvalue weighted by Gasteiger charge is -2.12. The first-order valence-corrected chi connectivity index (χ1v) is 19.3. The van der Waals surface area contributed by atoms with Crippen LogP contribution in [0.5, 0.6) is 0 Å². The molecule has 9 rings (SSSR count). The van der Waals surface area contributed by atoms with Crippen LogP contribution in [0.4, 0.5) is 0 Å². The van der Waals surface area contributed by atoms with Crippen LogP contribution in [0.25, 0.3) is 55.7 Å². The van der Waals surface area contributed by atoms with Crippen molar-refractivity contribution < 1.29 is 23.6 Å². The fraction of sp³-hybridized carbons (Fsp3) is 0.164. The Labute approximate surface area is 371 Å². The molecule has 5 nitrogen and oxygen atoms in total. The van der Waals surface area contributed by atoms with Crippen molar-refractivity contribution in [3.63, 3.8) is 0 Å². The highest BCUT2D eigenvalue weighted by Crippen LogP contribution is 2.37. The van der Waals surface area contributed by atoms with Crippen molar-refractivity contribution >= 4 is 21.9 Å². The van der Waals surface area contributed by atoms with Gasteiger partial charge >= 0.3 is 0 Å². The van der Waals surface area contributed by atoms with Crippen LogP contribution in [-0.2, 0) is 38.2 Å². The number of pyridine rings is 3. The molecule has 0 radical (unpaired) electrons. The van der Waals surface area contributed by atoms with E-state index in [-0.39, 0.29) is 39.6 Å². The molecular weight excluding hydrogens is 733 g/mol. The summed E-state index contributed by atoms with van der Waals surface area (Å²) in [6.45, 7) is 3.24. The van der Waals surface area contributed by atoms with E-state index in [0.29, 0.717) is 38.9 Å². The molecule has 0 aliphatic heterocycles. The third kappa shape index (κ3) is 8.51. The van der Waals surface area contributed by atoms with Gasteiger partial charge in [-0.1, -0.05) is 123 Å². The number of rotatable bonds is 13. The van der Waals surface area contributed by atoms with Crippen LogP contribution in [0.3, 0.4) is 0 Å². The zero-order valence-electron chi connectivity index (χ0n) is 46.7. The number of para-hydroxylation sites is 1. The van der Waals surface area contributed by atoms with Crippen LogP contribution < -0.4 is 0 Å². The molecule has 5 aromatic carbocycles. The van der Waals surface area contributed by atoms with Gasteiger partial charge in [-0.2, -0.15) is 5.26 Å². The first kappa shape index (κ1) is 25.4. The van der Waals surface area contributed by atoms with Gasteiger partial charge in [0.15, 0.2) is 0 Å². The van der Waals surface area contributed by atoms with Crippen molar-refractivity contribution in [2.24, 2.45) is 0 Å². The topological polar surface area (TPSA) is 75.6 Å². The average molecular weight is 793 g/mol. The normalized spacial score (nSPS) is 16.4. The molecule has 0 bridgehead atoms. The van der Waals surface area contributed by atoms with E-state index in [1.807, 2.05) is 66.7 Å². The summed E-state index contributed by atoms with van der Waals surface area (Å²) in [5.74, 6) is -1.21. The maximum atomic E-state index is 9.95. The highest BCUT2D eigenvalue weighted by atomic mass is 16.3. The van der Waals surface area contributed by atoms with E-state index >= 15 is 0 Å². The molecular formula is C55H46N4O. The molecule has 0 aliphatic rings. The molecule has 4 aromatic heterocycles.